The maximum Gasteiger partial charge on any atom is 0.306 e. The number of carbonyl (C=O) groups excluding carboxylic acids is 2. The molecule has 0 aliphatic carbocycles. The van der Waals surface area contributed by atoms with Crippen molar-refractivity contribution < 1.29 is 19.1 Å². The average molecular weight is 751 g/mol. The number of unbranched alkanes of at least 4 members (excludes halogenated alkanes) is 26. The lowest BCUT2D eigenvalue weighted by atomic mass is 10.0. The number of esters is 2. The molecule has 2 N–H and O–H groups in total. The van der Waals surface area contributed by atoms with Gasteiger partial charge in [0.1, 0.15) is 6.10 Å². The Morgan fingerprint density at radius 1 is 0.434 bits per heavy atom. The van der Waals surface area contributed by atoms with E-state index in [1.165, 1.54) is 187 Å². The van der Waals surface area contributed by atoms with E-state index in [1.807, 2.05) is 0 Å². The van der Waals surface area contributed by atoms with Crippen LogP contribution < -0.4 is 5.73 Å². The van der Waals surface area contributed by atoms with Gasteiger partial charge in [0.05, 0.1) is 6.61 Å². The van der Waals surface area contributed by atoms with E-state index in [2.05, 4.69) is 25.7 Å². The van der Waals surface area contributed by atoms with Crippen LogP contribution >= 0.6 is 0 Å². The zero-order chi connectivity index (χ0) is 38.7. The Balaban J connectivity index is 4.16. The van der Waals surface area contributed by atoms with Crippen molar-refractivity contribution in [2.45, 2.75) is 258 Å². The number of carbonyl (C=O) groups is 2. The van der Waals surface area contributed by atoms with E-state index in [1.54, 1.807) is 0 Å². The highest BCUT2D eigenvalue weighted by Gasteiger charge is 2.14. The summed E-state index contributed by atoms with van der Waals surface area (Å²) in [5, 5.41) is 0. The summed E-state index contributed by atoms with van der Waals surface area (Å²) in [7, 11) is 0. The third-order valence-electron chi connectivity index (χ3n) is 11.0. The summed E-state index contributed by atoms with van der Waals surface area (Å²) in [6, 6.07) is 0. The molecule has 0 spiro atoms. The van der Waals surface area contributed by atoms with Gasteiger partial charge < -0.3 is 20.1 Å². The van der Waals surface area contributed by atoms with E-state index in [-0.39, 0.29) is 18.0 Å². The molecule has 0 radical (unpaired) electrons. The molecule has 6 heteroatoms. The predicted molar refractivity (Wildman–Crippen MR) is 230 cm³/mol. The van der Waals surface area contributed by atoms with Crippen LogP contribution in [0, 0.1) is 0 Å². The van der Waals surface area contributed by atoms with Crippen LogP contribution in [0.15, 0.2) is 0 Å². The summed E-state index contributed by atoms with van der Waals surface area (Å²) < 4.78 is 11.5. The molecule has 316 valence electrons. The number of nitrogens with zero attached hydrogens (tertiary/aromatic N) is 1. The van der Waals surface area contributed by atoms with Crippen LogP contribution in [0.5, 0.6) is 0 Å². The van der Waals surface area contributed by atoms with Gasteiger partial charge in [0.2, 0.25) is 0 Å². The first-order valence-electron chi connectivity index (χ1n) is 23.8. The van der Waals surface area contributed by atoms with Gasteiger partial charge in [0.25, 0.3) is 0 Å². The molecular formula is C47H94N2O4. The van der Waals surface area contributed by atoms with Crippen LogP contribution in [0.2, 0.25) is 0 Å². The zero-order valence-corrected chi connectivity index (χ0v) is 36.2. The molecule has 0 atom stereocenters. The Labute approximate surface area is 331 Å². The number of nitrogens with two attached hydrogens (primary N) is 1. The van der Waals surface area contributed by atoms with E-state index in [4.69, 9.17) is 15.2 Å². The van der Waals surface area contributed by atoms with Gasteiger partial charge in [0, 0.05) is 12.8 Å². The molecule has 0 fully saturated rings. The quantitative estimate of drug-likeness (QED) is 0.0493. The zero-order valence-electron chi connectivity index (χ0n) is 36.2. The maximum absolute atomic E-state index is 12.8. The van der Waals surface area contributed by atoms with Gasteiger partial charge in [-0.1, -0.05) is 168 Å². The van der Waals surface area contributed by atoms with Crippen LogP contribution in [0.4, 0.5) is 0 Å². The summed E-state index contributed by atoms with van der Waals surface area (Å²) in [6.07, 6.45) is 42.7. The smallest absolute Gasteiger partial charge is 0.306 e. The molecule has 0 saturated carbocycles. The molecule has 0 unspecified atom stereocenters. The van der Waals surface area contributed by atoms with Gasteiger partial charge in [-0.3, -0.25) is 9.59 Å². The van der Waals surface area contributed by atoms with Crippen molar-refractivity contribution in [3.8, 4) is 0 Å². The highest BCUT2D eigenvalue weighted by molar-refractivity contribution is 5.69. The minimum atomic E-state index is -0.00850. The van der Waals surface area contributed by atoms with Crippen molar-refractivity contribution >= 4 is 11.9 Å². The number of rotatable bonds is 44. The molecule has 0 amide bonds. The molecule has 0 bridgehead atoms. The van der Waals surface area contributed by atoms with Crippen molar-refractivity contribution in [2.24, 2.45) is 5.73 Å². The van der Waals surface area contributed by atoms with Crippen LogP contribution in [-0.4, -0.2) is 55.7 Å². The minimum absolute atomic E-state index is 0.00850. The van der Waals surface area contributed by atoms with E-state index in [9.17, 15) is 9.59 Å². The van der Waals surface area contributed by atoms with Gasteiger partial charge in [0.15, 0.2) is 0 Å². The summed E-state index contributed by atoms with van der Waals surface area (Å²) in [5.41, 5.74) is 5.74. The standard InChI is InChI=1S/C47H94N2O4/c1-4-7-10-13-16-25-35-44-52-46(50)38-29-21-17-23-32-41-49(43-34-26-31-40-48)42-33-24-18-22-30-39-47(51)53-45(36-27-19-14-11-8-5-2)37-28-20-15-12-9-6-3/h45H,4-44,48H2,1-3H3. The van der Waals surface area contributed by atoms with Crippen LogP contribution in [0.1, 0.15) is 252 Å². The molecule has 0 saturated heterocycles. The Morgan fingerprint density at radius 2 is 0.792 bits per heavy atom. The fourth-order valence-corrected chi connectivity index (χ4v) is 7.39. The van der Waals surface area contributed by atoms with Crippen molar-refractivity contribution in [1.29, 1.82) is 0 Å². The summed E-state index contributed by atoms with van der Waals surface area (Å²) in [4.78, 5) is 27.5. The first-order chi connectivity index (χ1) is 26.1. The van der Waals surface area contributed by atoms with Crippen LogP contribution in [0.25, 0.3) is 0 Å². The normalized spacial score (nSPS) is 11.6. The highest BCUT2D eigenvalue weighted by Crippen LogP contribution is 2.19. The van der Waals surface area contributed by atoms with E-state index in [0.717, 1.165) is 57.9 Å². The second-order valence-corrected chi connectivity index (χ2v) is 16.3. The molecule has 0 aromatic carbocycles. The lowest BCUT2D eigenvalue weighted by Gasteiger charge is -2.22. The first kappa shape index (κ1) is 51.9. The van der Waals surface area contributed by atoms with Crippen LogP contribution in [-0.2, 0) is 19.1 Å². The number of hydrogen-bond acceptors (Lipinski definition) is 6. The molecule has 0 heterocycles. The lowest BCUT2D eigenvalue weighted by Crippen LogP contribution is -2.27. The van der Waals surface area contributed by atoms with Crippen LogP contribution in [0.3, 0.4) is 0 Å². The van der Waals surface area contributed by atoms with E-state index < -0.39 is 0 Å². The minimum Gasteiger partial charge on any atom is -0.466 e. The average Bonchev–Trinajstić information content (AvgIpc) is 3.15. The van der Waals surface area contributed by atoms with Crippen molar-refractivity contribution in [3.63, 3.8) is 0 Å². The van der Waals surface area contributed by atoms with Crippen molar-refractivity contribution in [3.05, 3.63) is 0 Å². The topological polar surface area (TPSA) is 81.9 Å². The molecule has 0 aromatic heterocycles. The Kier molecular flexibility index (Phi) is 42.6. The third kappa shape index (κ3) is 40.3. The molecule has 53 heavy (non-hydrogen) atoms. The Hall–Kier alpha value is -1.14. The van der Waals surface area contributed by atoms with Crippen molar-refractivity contribution in [1.82, 2.24) is 4.90 Å². The second-order valence-electron chi connectivity index (χ2n) is 16.3. The van der Waals surface area contributed by atoms with Gasteiger partial charge in [-0.15, -0.1) is 0 Å². The fraction of sp³-hybridized carbons (Fsp3) is 0.957. The lowest BCUT2D eigenvalue weighted by molar-refractivity contribution is -0.150. The van der Waals surface area contributed by atoms with Gasteiger partial charge in [-0.05, 0) is 96.8 Å². The van der Waals surface area contributed by atoms with Gasteiger partial charge in [-0.25, -0.2) is 0 Å². The molecular weight excluding hydrogens is 657 g/mol. The number of ether oxygens (including phenoxy) is 2. The molecule has 0 aromatic rings. The number of hydrogen-bond donors (Lipinski definition) is 1. The molecule has 0 aliphatic rings. The molecule has 0 rings (SSSR count). The second kappa shape index (κ2) is 43.6. The largest absolute Gasteiger partial charge is 0.466 e. The molecule has 0 aliphatic heterocycles. The Bertz CT molecular complexity index is 732. The first-order valence-corrected chi connectivity index (χ1v) is 23.8. The van der Waals surface area contributed by atoms with Gasteiger partial charge in [-0.2, -0.15) is 0 Å². The SMILES string of the molecule is CCCCCCCCCOC(=O)CCCCCCCN(CCCCCN)CCCCCCCC(=O)OC(CCCCCCCC)CCCCCCCC. The summed E-state index contributed by atoms with van der Waals surface area (Å²) in [5.74, 6) is 0.0279. The highest BCUT2D eigenvalue weighted by atomic mass is 16.5. The third-order valence-corrected chi connectivity index (χ3v) is 11.0. The van der Waals surface area contributed by atoms with Crippen molar-refractivity contribution in [2.75, 3.05) is 32.8 Å². The fourth-order valence-electron chi connectivity index (χ4n) is 7.39. The molecule has 6 nitrogen and oxygen atoms in total. The predicted octanol–water partition coefficient (Wildman–Crippen LogP) is 13.8. The summed E-state index contributed by atoms with van der Waals surface area (Å²) in [6.45, 7) is 11.7. The van der Waals surface area contributed by atoms with E-state index in [0.29, 0.717) is 19.4 Å². The summed E-state index contributed by atoms with van der Waals surface area (Å²) >= 11 is 0. The Morgan fingerprint density at radius 3 is 1.25 bits per heavy atom. The van der Waals surface area contributed by atoms with Gasteiger partial charge >= 0.3 is 11.9 Å². The van der Waals surface area contributed by atoms with E-state index >= 15 is 0 Å². The monoisotopic (exact) mass is 751 g/mol. The maximum atomic E-state index is 12.8.